The zero-order chi connectivity index (χ0) is 16.3. The molecule has 0 spiro atoms. The van der Waals surface area contributed by atoms with Gasteiger partial charge in [0.25, 0.3) is 0 Å². The normalized spacial score (nSPS) is 12.0. The van der Waals surface area contributed by atoms with Gasteiger partial charge in [-0.05, 0) is 0 Å². The summed E-state index contributed by atoms with van der Waals surface area (Å²) in [4.78, 5) is 35.6. The Hall–Kier alpha value is -1.47. The molecule has 0 aromatic carbocycles. The van der Waals surface area contributed by atoms with Crippen molar-refractivity contribution in [1.29, 1.82) is 0 Å². The third-order valence-electron chi connectivity index (χ3n) is 2.81. The average Bonchev–Trinajstić information content (AvgIpc) is 2.42. The van der Waals surface area contributed by atoms with Crippen molar-refractivity contribution in [1.82, 2.24) is 0 Å². The zero-order valence-corrected chi connectivity index (χ0v) is 13.3. The molecule has 0 aliphatic carbocycles. The molecule has 4 N–H and O–H groups in total. The minimum atomic E-state index is -0.647. The predicted octanol–water partition coefficient (Wildman–Crippen LogP) is -1.68. The van der Waals surface area contributed by atoms with E-state index in [-0.39, 0.29) is 25.2 Å². The predicted molar refractivity (Wildman–Crippen MR) is 75.2 cm³/mol. The lowest BCUT2D eigenvalue weighted by atomic mass is 10.2. The van der Waals surface area contributed by atoms with Gasteiger partial charge in [-0.15, -0.1) is 0 Å². The number of esters is 3. The van der Waals surface area contributed by atoms with Crippen molar-refractivity contribution >= 4 is 17.9 Å². The molecule has 0 fully saturated rings. The first-order chi connectivity index (χ1) is 9.88. The van der Waals surface area contributed by atoms with Crippen molar-refractivity contribution in [2.24, 2.45) is 0 Å². The summed E-state index contributed by atoms with van der Waals surface area (Å²) in [6, 6.07) is 0. The Morgan fingerprint density at radius 2 is 1.81 bits per heavy atom. The van der Waals surface area contributed by atoms with Crippen LogP contribution in [-0.4, -0.2) is 51.2 Å². The van der Waals surface area contributed by atoms with Gasteiger partial charge in [0.15, 0.2) is 0 Å². The second-order valence-corrected chi connectivity index (χ2v) is 5.22. The van der Waals surface area contributed by atoms with E-state index >= 15 is 0 Å². The highest BCUT2D eigenvalue weighted by molar-refractivity contribution is 5.85. The first-order valence-corrected chi connectivity index (χ1v) is 7.40. The topological polar surface area (TPSA) is 102 Å². The van der Waals surface area contributed by atoms with Crippen LogP contribution >= 0.6 is 0 Å². The number of ether oxygens (including phenoxy) is 2. The molecule has 0 saturated heterocycles. The van der Waals surface area contributed by atoms with Gasteiger partial charge in [0.05, 0.1) is 40.0 Å². The monoisotopic (exact) mass is 304 g/mol. The van der Waals surface area contributed by atoms with Gasteiger partial charge >= 0.3 is 17.9 Å². The molecule has 7 heteroatoms. The smallest absolute Gasteiger partial charge is 0.317 e. The molecule has 0 aromatic heterocycles. The maximum atomic E-state index is 11.7. The number of hydrogen-bond acceptors (Lipinski definition) is 5. The molecule has 0 aliphatic heterocycles. The third-order valence-corrected chi connectivity index (χ3v) is 2.81. The molecule has 0 radical (unpaired) electrons. The van der Waals surface area contributed by atoms with Gasteiger partial charge in [-0.3, -0.25) is 14.4 Å². The van der Waals surface area contributed by atoms with Crippen LogP contribution in [0.5, 0.6) is 0 Å². The van der Waals surface area contributed by atoms with E-state index in [1.165, 1.54) is 4.90 Å². The molecule has 0 unspecified atom stereocenters. The summed E-state index contributed by atoms with van der Waals surface area (Å²) in [6.45, 7) is 3.06. The van der Waals surface area contributed by atoms with Gasteiger partial charge in [-0.2, -0.15) is 0 Å². The minimum Gasteiger partial charge on any atom is -0.462 e. The molecule has 0 aliphatic rings. The van der Waals surface area contributed by atoms with E-state index in [0.29, 0.717) is 19.4 Å². The lowest BCUT2D eigenvalue weighted by Crippen LogP contribution is -3.05. The highest BCUT2D eigenvalue weighted by atomic mass is 16.6. The molecule has 7 nitrogen and oxygen atoms in total. The number of hydrogen-bond donors (Lipinski definition) is 2. The number of carbonyl (C=O) groups excluding carboxylic acids is 3. The molecule has 0 amide bonds. The number of carbonyl (C=O) groups is 3. The van der Waals surface area contributed by atoms with Gasteiger partial charge in [-0.1, -0.05) is 6.92 Å². The second-order valence-electron chi connectivity index (χ2n) is 5.22. The average molecular weight is 304 g/mol. The van der Waals surface area contributed by atoms with Crippen molar-refractivity contribution in [3.63, 3.8) is 0 Å². The van der Waals surface area contributed by atoms with E-state index < -0.39 is 18.0 Å². The summed E-state index contributed by atoms with van der Waals surface area (Å²) in [5.74, 6) is -1.56. The molecule has 0 heterocycles. The Labute approximate surface area is 125 Å². The Bertz CT molecular complexity index is 344. The molecule has 0 saturated carbocycles. The second kappa shape index (κ2) is 11.2. The van der Waals surface area contributed by atoms with Crippen LogP contribution in [0.25, 0.3) is 0 Å². The van der Waals surface area contributed by atoms with Gasteiger partial charge in [0.1, 0.15) is 6.10 Å². The summed E-state index contributed by atoms with van der Waals surface area (Å²) in [7, 11) is 3.94. The molecular formula is C14H28N2O5+2. The van der Waals surface area contributed by atoms with Gasteiger partial charge < -0.3 is 20.1 Å². The van der Waals surface area contributed by atoms with E-state index in [4.69, 9.17) is 9.47 Å². The Balaban J connectivity index is 4.32. The van der Waals surface area contributed by atoms with Crippen LogP contribution in [-0.2, 0) is 23.9 Å². The zero-order valence-electron chi connectivity index (χ0n) is 13.3. The maximum absolute atomic E-state index is 11.7. The molecule has 122 valence electrons. The molecule has 0 rings (SSSR count). The van der Waals surface area contributed by atoms with Crippen LogP contribution in [0.15, 0.2) is 0 Å². The minimum absolute atomic E-state index is 0.0882. The van der Waals surface area contributed by atoms with Crippen LogP contribution in [0.4, 0.5) is 0 Å². The third kappa shape index (κ3) is 10.9. The fourth-order valence-corrected chi connectivity index (χ4v) is 1.60. The summed E-state index contributed by atoms with van der Waals surface area (Å²) >= 11 is 0. The Kier molecular flexibility index (Phi) is 10.4. The fourth-order valence-electron chi connectivity index (χ4n) is 1.60. The van der Waals surface area contributed by atoms with Crippen molar-refractivity contribution in [2.75, 3.05) is 27.2 Å². The summed E-state index contributed by atoms with van der Waals surface area (Å²) in [5.41, 5.74) is 3.62. The largest absolute Gasteiger partial charge is 0.462 e. The first-order valence-electron chi connectivity index (χ1n) is 7.40. The van der Waals surface area contributed by atoms with Gasteiger partial charge in [0.2, 0.25) is 0 Å². The van der Waals surface area contributed by atoms with Crippen LogP contribution in [0.1, 0.15) is 39.0 Å². The van der Waals surface area contributed by atoms with Crippen LogP contribution in [0.2, 0.25) is 0 Å². The lowest BCUT2D eigenvalue weighted by Gasteiger charge is -2.17. The van der Waals surface area contributed by atoms with Crippen molar-refractivity contribution < 1.29 is 34.5 Å². The van der Waals surface area contributed by atoms with E-state index in [0.717, 1.165) is 6.54 Å². The summed E-state index contributed by atoms with van der Waals surface area (Å²) in [5, 5.41) is 0. The number of nitrogens with one attached hydrogen (secondary N) is 1. The van der Waals surface area contributed by atoms with Gasteiger partial charge in [0, 0.05) is 19.3 Å². The lowest BCUT2D eigenvalue weighted by molar-refractivity contribution is -0.858. The standard InChI is InChI=1S/C14H26N2O5/c1-4-12(17)20-11(7-9-16(2)3)10-14(19)21-13(18)6-5-8-15/h11H,4-10,15H2,1-3H3/p+2/t11-/m0/s1. The molecule has 21 heavy (non-hydrogen) atoms. The maximum Gasteiger partial charge on any atom is 0.317 e. The first kappa shape index (κ1) is 19.5. The number of quaternary nitrogens is 2. The quantitative estimate of drug-likeness (QED) is 0.371. The van der Waals surface area contributed by atoms with E-state index in [2.05, 4.69) is 5.73 Å². The molecule has 1 atom stereocenters. The van der Waals surface area contributed by atoms with Crippen molar-refractivity contribution in [3.8, 4) is 0 Å². The SMILES string of the molecule is CCC(=O)O[C@@H](CC[NH+](C)C)CC(=O)OC(=O)CCC[NH3+]. The number of rotatable bonds is 10. The van der Waals surface area contributed by atoms with E-state index in [1.807, 2.05) is 14.1 Å². The van der Waals surface area contributed by atoms with Crippen molar-refractivity contribution in [3.05, 3.63) is 0 Å². The Morgan fingerprint density at radius 1 is 1.14 bits per heavy atom. The highest BCUT2D eigenvalue weighted by Gasteiger charge is 2.21. The molecule has 0 aromatic rings. The Morgan fingerprint density at radius 3 is 2.33 bits per heavy atom. The highest BCUT2D eigenvalue weighted by Crippen LogP contribution is 2.07. The van der Waals surface area contributed by atoms with Crippen LogP contribution < -0.4 is 10.6 Å². The van der Waals surface area contributed by atoms with Gasteiger partial charge in [-0.25, -0.2) is 0 Å². The molecule has 0 bridgehead atoms. The van der Waals surface area contributed by atoms with Crippen LogP contribution in [0, 0.1) is 0 Å². The fraction of sp³-hybridized carbons (Fsp3) is 0.786. The molecular weight excluding hydrogens is 276 g/mol. The van der Waals surface area contributed by atoms with E-state index in [9.17, 15) is 14.4 Å². The van der Waals surface area contributed by atoms with E-state index in [1.54, 1.807) is 6.92 Å². The summed E-state index contributed by atoms with van der Waals surface area (Å²) in [6.07, 6.45) is 0.940. The van der Waals surface area contributed by atoms with Crippen LogP contribution in [0.3, 0.4) is 0 Å². The van der Waals surface area contributed by atoms with Crippen molar-refractivity contribution in [2.45, 2.75) is 45.1 Å². The summed E-state index contributed by atoms with van der Waals surface area (Å²) < 4.78 is 9.91.